The molecule has 0 radical (unpaired) electrons. The molecular formula is C28H32F2N6O2. The van der Waals surface area contributed by atoms with Gasteiger partial charge in [-0.05, 0) is 62.3 Å². The number of aromatic nitrogens is 4. The van der Waals surface area contributed by atoms with Crippen LogP contribution in [0.2, 0.25) is 0 Å². The number of nitrogens with two attached hydrogens (primary N) is 1. The van der Waals surface area contributed by atoms with Crippen molar-refractivity contribution in [3.05, 3.63) is 66.1 Å². The Morgan fingerprint density at radius 1 is 1.11 bits per heavy atom. The van der Waals surface area contributed by atoms with Gasteiger partial charge in [0.15, 0.2) is 0 Å². The van der Waals surface area contributed by atoms with Crippen LogP contribution < -0.4 is 15.8 Å². The highest BCUT2D eigenvalue weighted by atomic mass is 19.1. The van der Waals surface area contributed by atoms with E-state index in [0.29, 0.717) is 17.4 Å². The minimum atomic E-state index is -0.756. The van der Waals surface area contributed by atoms with Gasteiger partial charge in [-0.1, -0.05) is 6.92 Å². The Bertz CT molecular complexity index is 1410. The fraction of sp³-hybridized carbons (Fsp3) is 0.393. The third-order valence-corrected chi connectivity index (χ3v) is 7.04. The molecule has 38 heavy (non-hydrogen) atoms. The lowest BCUT2D eigenvalue weighted by atomic mass is 9.74. The van der Waals surface area contributed by atoms with Crippen molar-refractivity contribution >= 4 is 17.2 Å². The second-order valence-corrected chi connectivity index (χ2v) is 10.2. The summed E-state index contributed by atoms with van der Waals surface area (Å²) in [6, 6.07) is 7.53. The van der Waals surface area contributed by atoms with E-state index in [1.54, 1.807) is 51.7 Å². The lowest BCUT2D eigenvalue weighted by Crippen LogP contribution is -2.45. The van der Waals surface area contributed by atoms with E-state index >= 15 is 0 Å². The number of methoxy groups -OCH3 is 1. The van der Waals surface area contributed by atoms with Crippen molar-refractivity contribution in [2.24, 2.45) is 11.7 Å². The Labute approximate surface area is 220 Å². The zero-order chi connectivity index (χ0) is 27.0. The molecule has 1 aromatic carbocycles. The quantitative estimate of drug-likeness (QED) is 0.333. The fourth-order valence-corrected chi connectivity index (χ4v) is 5.45. The number of anilines is 2. The average Bonchev–Trinajstić information content (AvgIpc) is 3.25. The molecular weight excluding hydrogens is 490 g/mol. The molecule has 0 saturated heterocycles. The van der Waals surface area contributed by atoms with Gasteiger partial charge in [0.1, 0.15) is 17.4 Å². The number of imidazole rings is 1. The number of halogens is 2. The third kappa shape index (κ3) is 5.06. The number of ether oxygens (including phenoxy) is 2. The van der Waals surface area contributed by atoms with Gasteiger partial charge in [-0.25, -0.2) is 13.8 Å². The molecule has 0 aliphatic heterocycles. The van der Waals surface area contributed by atoms with Gasteiger partial charge in [-0.15, -0.1) is 0 Å². The summed E-state index contributed by atoms with van der Waals surface area (Å²) in [5.74, 6) is -0.473. The zero-order valence-corrected chi connectivity index (χ0v) is 21.9. The van der Waals surface area contributed by atoms with Crippen LogP contribution in [-0.4, -0.2) is 44.9 Å². The van der Waals surface area contributed by atoms with Crippen LogP contribution in [0.15, 0.2) is 48.9 Å². The fourth-order valence-electron chi connectivity index (χ4n) is 5.45. The summed E-state index contributed by atoms with van der Waals surface area (Å²) < 4.78 is 42.5. The van der Waals surface area contributed by atoms with E-state index in [2.05, 4.69) is 27.3 Å². The molecule has 4 aromatic rings. The number of nitrogens with zero attached hydrogens (tertiary/aromatic N) is 4. The normalized spacial score (nSPS) is 21.7. The Kier molecular flexibility index (Phi) is 7.27. The monoisotopic (exact) mass is 522 g/mol. The van der Waals surface area contributed by atoms with Gasteiger partial charge in [-0.2, -0.15) is 9.61 Å². The molecule has 8 nitrogen and oxygen atoms in total. The lowest BCUT2D eigenvalue weighted by Gasteiger charge is -2.38. The predicted octanol–water partition coefficient (Wildman–Crippen LogP) is 5.46. The minimum Gasteiger partial charge on any atom is -0.491 e. The van der Waals surface area contributed by atoms with E-state index < -0.39 is 11.6 Å². The first-order valence-corrected chi connectivity index (χ1v) is 12.7. The molecule has 3 heterocycles. The van der Waals surface area contributed by atoms with Crippen molar-refractivity contribution in [1.29, 1.82) is 0 Å². The zero-order valence-electron chi connectivity index (χ0n) is 21.9. The van der Waals surface area contributed by atoms with E-state index in [1.807, 2.05) is 6.07 Å². The van der Waals surface area contributed by atoms with Crippen LogP contribution in [0.25, 0.3) is 16.8 Å². The number of fused-ring (bicyclic) bond motifs is 1. The van der Waals surface area contributed by atoms with E-state index in [1.165, 1.54) is 16.6 Å². The summed E-state index contributed by atoms with van der Waals surface area (Å²) in [7, 11) is 1.71. The summed E-state index contributed by atoms with van der Waals surface area (Å²) in [6.07, 6.45) is 6.66. The number of hydrogen-bond donors (Lipinski definition) is 2. The van der Waals surface area contributed by atoms with Crippen LogP contribution in [-0.2, 0) is 4.74 Å². The summed E-state index contributed by atoms with van der Waals surface area (Å²) in [5.41, 5.74) is 8.86. The topological polar surface area (TPSA) is 99.6 Å². The van der Waals surface area contributed by atoms with E-state index in [0.717, 1.165) is 24.1 Å². The van der Waals surface area contributed by atoms with Gasteiger partial charge < -0.3 is 20.5 Å². The van der Waals surface area contributed by atoms with Crippen LogP contribution in [0.4, 0.5) is 20.4 Å². The number of nitrogens with one attached hydrogen (secondary N) is 1. The first-order chi connectivity index (χ1) is 18.2. The molecule has 1 fully saturated rings. The first kappa shape index (κ1) is 26.0. The van der Waals surface area contributed by atoms with Crippen LogP contribution in [0, 0.1) is 17.6 Å². The van der Waals surface area contributed by atoms with Crippen LogP contribution in [0.3, 0.4) is 0 Å². The highest BCUT2D eigenvalue weighted by Gasteiger charge is 2.35. The van der Waals surface area contributed by atoms with E-state index in [4.69, 9.17) is 15.2 Å². The summed E-state index contributed by atoms with van der Waals surface area (Å²) in [6.45, 7) is 5.74. The molecule has 0 amide bonds. The summed E-state index contributed by atoms with van der Waals surface area (Å²) >= 11 is 0. The molecule has 10 heteroatoms. The van der Waals surface area contributed by atoms with Crippen LogP contribution in [0.5, 0.6) is 5.75 Å². The smallest absolute Gasteiger partial charge is 0.229 e. The Morgan fingerprint density at radius 3 is 2.55 bits per heavy atom. The van der Waals surface area contributed by atoms with Crippen molar-refractivity contribution in [2.75, 3.05) is 12.4 Å². The third-order valence-electron chi connectivity index (χ3n) is 7.04. The van der Waals surface area contributed by atoms with Crippen molar-refractivity contribution in [3.63, 3.8) is 0 Å². The summed E-state index contributed by atoms with van der Waals surface area (Å²) in [5, 5.41) is 7.85. The predicted molar refractivity (Wildman–Crippen MR) is 142 cm³/mol. The van der Waals surface area contributed by atoms with Crippen molar-refractivity contribution < 1.29 is 18.3 Å². The Morgan fingerprint density at radius 2 is 1.87 bits per heavy atom. The van der Waals surface area contributed by atoms with Gasteiger partial charge in [-0.3, -0.25) is 4.98 Å². The molecule has 1 saturated carbocycles. The standard InChI is InChI=1S/C28H32F2N6O2/c1-15(2)38-19-11-21(29)26(22(30)12-19)24-6-5-18-13-33-28(36(18)35-24)34-25-14-32-8-7-20(25)17-9-16(3)27(37-4)23(31)10-17/h5-8,11-17,23,27H,9-10,31H2,1-4H3,(H,33,34)/t16-,17+,23+,27-/m0/s1. The Balaban J connectivity index is 1.47. The molecule has 4 atom stereocenters. The number of pyridine rings is 1. The van der Waals surface area contributed by atoms with Gasteiger partial charge in [0.25, 0.3) is 0 Å². The van der Waals surface area contributed by atoms with E-state index in [-0.39, 0.29) is 41.2 Å². The van der Waals surface area contributed by atoms with Crippen molar-refractivity contribution in [1.82, 2.24) is 19.6 Å². The average molecular weight is 523 g/mol. The molecule has 5 rings (SSSR count). The van der Waals surface area contributed by atoms with Crippen molar-refractivity contribution in [3.8, 4) is 17.0 Å². The Hall–Kier alpha value is -3.63. The molecule has 1 aliphatic rings. The number of rotatable bonds is 7. The number of hydrogen-bond acceptors (Lipinski definition) is 7. The van der Waals surface area contributed by atoms with Crippen LogP contribution in [0.1, 0.15) is 45.1 Å². The first-order valence-electron chi connectivity index (χ1n) is 12.7. The molecule has 0 spiro atoms. The number of benzene rings is 1. The SMILES string of the molecule is CO[C@@H]1[C@H](N)C[C@H](c2ccncc2Nc2ncc3ccc(-c4c(F)cc(OC(C)C)cc4F)nn23)C[C@@H]1C. The van der Waals surface area contributed by atoms with Crippen LogP contribution >= 0.6 is 0 Å². The highest BCUT2D eigenvalue weighted by molar-refractivity contribution is 5.66. The maximum atomic E-state index is 15.0. The van der Waals surface area contributed by atoms with Gasteiger partial charge in [0, 0.05) is 31.5 Å². The van der Waals surface area contributed by atoms with Crippen molar-refractivity contribution in [2.45, 2.75) is 57.8 Å². The minimum absolute atomic E-state index is 0.0233. The van der Waals surface area contributed by atoms with Gasteiger partial charge in [0.2, 0.25) is 5.95 Å². The van der Waals surface area contributed by atoms with Gasteiger partial charge in [0.05, 0.1) is 47.1 Å². The lowest BCUT2D eigenvalue weighted by molar-refractivity contribution is 0.00984. The van der Waals surface area contributed by atoms with E-state index in [9.17, 15) is 8.78 Å². The molecule has 3 N–H and O–H groups in total. The molecule has 200 valence electrons. The molecule has 3 aromatic heterocycles. The largest absolute Gasteiger partial charge is 0.491 e. The summed E-state index contributed by atoms with van der Waals surface area (Å²) in [4.78, 5) is 8.77. The molecule has 0 unspecified atom stereocenters. The highest BCUT2D eigenvalue weighted by Crippen LogP contribution is 2.40. The molecule has 1 aliphatic carbocycles. The second kappa shape index (κ2) is 10.6. The van der Waals surface area contributed by atoms with Gasteiger partial charge >= 0.3 is 0 Å². The maximum Gasteiger partial charge on any atom is 0.229 e. The maximum absolute atomic E-state index is 15.0. The molecule has 0 bridgehead atoms. The second-order valence-electron chi connectivity index (χ2n) is 10.2.